The zero-order valence-corrected chi connectivity index (χ0v) is 46.3. The number of hydrogen-bond acceptors (Lipinski definition) is 18. The molecule has 0 saturated carbocycles. The van der Waals surface area contributed by atoms with Crippen molar-refractivity contribution in [2.75, 3.05) is 65.1 Å². The van der Waals surface area contributed by atoms with Gasteiger partial charge >= 0.3 is 0 Å². The van der Waals surface area contributed by atoms with E-state index < -0.39 is 29.1 Å². The monoisotopic (exact) mass is 1080 g/mol. The van der Waals surface area contributed by atoms with Gasteiger partial charge in [0.25, 0.3) is 0 Å². The third-order valence-corrected chi connectivity index (χ3v) is 14.0. The molecule has 5 heterocycles. The smallest absolute Gasteiger partial charge is 0.243 e. The van der Waals surface area contributed by atoms with E-state index in [1.807, 2.05) is 69.0 Å². The summed E-state index contributed by atoms with van der Waals surface area (Å²) in [6, 6.07) is 7.05. The number of pyridine rings is 1. The number of benzene rings is 1. The number of aryl methyl sites for hydroxylation is 2. The van der Waals surface area contributed by atoms with Gasteiger partial charge in [0.15, 0.2) is 23.1 Å². The lowest BCUT2D eigenvalue weighted by Gasteiger charge is -2.34. The predicted molar refractivity (Wildman–Crippen MR) is 290 cm³/mol. The molecule has 0 unspecified atom stereocenters. The van der Waals surface area contributed by atoms with Gasteiger partial charge in [-0.15, -0.1) is 11.3 Å². The average molecular weight is 1090 g/mol. The normalized spacial score (nSPS) is 15.1. The number of imidazole rings is 1. The van der Waals surface area contributed by atoms with Crippen LogP contribution in [0.5, 0.6) is 5.75 Å². The zero-order chi connectivity index (χ0) is 55.5. The molecule has 0 bridgehead atoms. The maximum Gasteiger partial charge on any atom is 0.243 e. The number of thiazole rings is 1. The van der Waals surface area contributed by atoms with E-state index in [4.69, 9.17) is 34.3 Å². The minimum atomic E-state index is -1.23. The van der Waals surface area contributed by atoms with Crippen molar-refractivity contribution >= 4 is 51.7 Å². The summed E-state index contributed by atoms with van der Waals surface area (Å²) in [5, 5.41) is 34.2. The molecule has 22 heteroatoms. The summed E-state index contributed by atoms with van der Waals surface area (Å²) < 4.78 is 29.8. The van der Waals surface area contributed by atoms with E-state index in [9.17, 15) is 29.4 Å². The first-order chi connectivity index (χ1) is 36.8. The lowest BCUT2D eigenvalue weighted by Crippen LogP contribution is -2.50. The molecule has 0 aliphatic carbocycles. The maximum absolute atomic E-state index is 14.0. The van der Waals surface area contributed by atoms with E-state index in [1.165, 1.54) is 4.90 Å². The van der Waals surface area contributed by atoms with Gasteiger partial charge < -0.3 is 55.0 Å². The fourth-order valence-electron chi connectivity index (χ4n) is 8.80. The summed E-state index contributed by atoms with van der Waals surface area (Å²) in [7, 11) is 0. The lowest BCUT2D eigenvalue weighted by atomic mass is 9.76. The Labute approximate surface area is 454 Å². The second-order valence-electron chi connectivity index (χ2n) is 20.7. The molecule has 3 atom stereocenters. The van der Waals surface area contributed by atoms with Gasteiger partial charge in [-0.2, -0.15) is 0 Å². The maximum atomic E-state index is 14.0. The molecular weight excluding hydrogens is 1010 g/mol. The fourth-order valence-corrected chi connectivity index (χ4v) is 9.61. The number of fused-ring (bicyclic) bond motifs is 1. The van der Waals surface area contributed by atoms with Gasteiger partial charge in [0.05, 0.1) is 74.6 Å². The Morgan fingerprint density at radius 2 is 1.61 bits per heavy atom. The third kappa shape index (κ3) is 17.8. The van der Waals surface area contributed by atoms with Crippen molar-refractivity contribution in [1.29, 1.82) is 0 Å². The first-order valence-electron chi connectivity index (χ1n) is 26.5. The van der Waals surface area contributed by atoms with Gasteiger partial charge in [0, 0.05) is 57.8 Å². The molecule has 1 fully saturated rings. The lowest BCUT2D eigenvalue weighted by molar-refractivity contribution is -0.146. The van der Waals surface area contributed by atoms with Crippen LogP contribution >= 0.6 is 11.3 Å². The SMILES string of the molecule is CCn1c(-c2nonc2N)nc2c(C#CC(C)(C)O)ncc(OCCCCCCCC(=O)NCCOCCOCCOCCC(=O)C[C@H](C(=O)N3C[C@H](O)C[C@H]3C(=O)NCc3ccc(-c4scnc4C)cc3)C(C)(C)C)c21. The number of nitrogens with one attached hydrogen (secondary N) is 2. The Morgan fingerprint density at radius 1 is 0.909 bits per heavy atom. The molecule has 77 heavy (non-hydrogen) atoms. The van der Waals surface area contributed by atoms with E-state index in [1.54, 1.807) is 31.4 Å². The summed E-state index contributed by atoms with van der Waals surface area (Å²) >= 11 is 1.57. The number of unbranched alkanes of at least 4 members (excludes halogenated alkanes) is 4. The molecule has 5 aromatic rings. The summed E-state index contributed by atoms with van der Waals surface area (Å²) in [6.45, 7) is 16.3. The second-order valence-corrected chi connectivity index (χ2v) is 21.6. The average Bonchev–Trinajstić information content (AvgIpc) is 4.23. The Morgan fingerprint density at radius 3 is 2.27 bits per heavy atom. The summed E-state index contributed by atoms with van der Waals surface area (Å²) in [5.41, 5.74) is 10.8. The highest BCUT2D eigenvalue weighted by Gasteiger charge is 2.44. The Hall–Kier alpha value is -6.35. The van der Waals surface area contributed by atoms with Crippen molar-refractivity contribution in [3.05, 3.63) is 52.9 Å². The zero-order valence-electron chi connectivity index (χ0n) is 45.5. The first kappa shape index (κ1) is 59.9. The number of anilines is 1. The quantitative estimate of drug-likeness (QED) is 0.0268. The third-order valence-electron chi connectivity index (χ3n) is 13.0. The van der Waals surface area contributed by atoms with E-state index in [2.05, 4.69) is 42.8 Å². The molecule has 6 rings (SSSR count). The van der Waals surface area contributed by atoms with Crippen LogP contribution in [0.1, 0.15) is 116 Å². The molecule has 4 aromatic heterocycles. The summed E-state index contributed by atoms with van der Waals surface area (Å²) in [5.74, 6) is 5.30. The van der Waals surface area contributed by atoms with E-state index in [-0.39, 0.29) is 74.9 Å². The molecule has 0 radical (unpaired) electrons. The number of hydrogen-bond donors (Lipinski definition) is 5. The first-order valence-corrected chi connectivity index (χ1v) is 27.4. The molecule has 21 nitrogen and oxygen atoms in total. The molecule has 1 saturated heterocycles. The van der Waals surface area contributed by atoms with E-state index in [0.717, 1.165) is 53.8 Å². The minimum absolute atomic E-state index is 0.00792. The van der Waals surface area contributed by atoms with Gasteiger partial charge in [-0.05, 0) is 73.3 Å². The highest BCUT2D eigenvalue weighted by Crippen LogP contribution is 2.35. The van der Waals surface area contributed by atoms with E-state index in [0.29, 0.717) is 86.5 Å². The molecule has 1 aromatic carbocycles. The van der Waals surface area contributed by atoms with Crippen LogP contribution in [0.25, 0.3) is 33.0 Å². The molecule has 3 amide bonds. The second kappa shape index (κ2) is 28.9. The van der Waals surface area contributed by atoms with Crippen molar-refractivity contribution in [1.82, 2.24) is 45.4 Å². The Kier molecular flexibility index (Phi) is 22.4. The largest absolute Gasteiger partial charge is 0.490 e. The van der Waals surface area contributed by atoms with Crippen LogP contribution in [0.3, 0.4) is 0 Å². The molecule has 418 valence electrons. The summed E-state index contributed by atoms with van der Waals surface area (Å²) in [4.78, 5) is 69.1. The van der Waals surface area contributed by atoms with Crippen LogP contribution in [0.4, 0.5) is 5.82 Å². The Balaban J connectivity index is 0.779. The number of aliphatic hydroxyl groups is 2. The van der Waals surface area contributed by atoms with Crippen LogP contribution in [-0.2, 0) is 46.5 Å². The number of nitrogen functional groups attached to an aromatic ring is 1. The van der Waals surface area contributed by atoms with Crippen LogP contribution in [-0.4, -0.2) is 146 Å². The van der Waals surface area contributed by atoms with Crippen LogP contribution in [0.2, 0.25) is 0 Å². The number of amides is 3. The molecule has 6 N–H and O–H groups in total. The number of nitrogens with two attached hydrogens (primary N) is 1. The number of carbonyl (C=O) groups is 4. The van der Waals surface area contributed by atoms with Crippen molar-refractivity contribution in [3.8, 4) is 39.5 Å². The number of β-amino-alcohol motifs (C(OH)–C–C–N with tert-alkyl or cyclic N) is 1. The molecule has 0 spiro atoms. The number of ketones is 1. The van der Waals surface area contributed by atoms with Crippen molar-refractivity contribution in [2.45, 2.75) is 137 Å². The Bertz CT molecular complexity index is 2790. The number of ether oxygens (including phenoxy) is 4. The van der Waals surface area contributed by atoms with Crippen molar-refractivity contribution in [2.24, 2.45) is 11.3 Å². The van der Waals surface area contributed by atoms with Gasteiger partial charge in [0.2, 0.25) is 17.7 Å². The number of likely N-dealkylation sites (tertiary alicyclic amines) is 1. The van der Waals surface area contributed by atoms with Crippen molar-refractivity contribution in [3.63, 3.8) is 0 Å². The van der Waals surface area contributed by atoms with Gasteiger partial charge in [-0.25, -0.2) is 19.6 Å². The standard InChI is InChI=1S/C55H76N10O11S/c1-8-64-48-44(33-58-42(19-21-55(6,7)71)46(48)61-51(64)47-50(56)63-76-62-47)75-23-13-11-9-10-12-14-45(68)57-22-25-73-27-29-74-28-26-72-24-20-39(66)30-41(54(3,4)5)53(70)65-34-40(67)31-43(65)52(69)59-32-37-15-17-38(18-16-37)49-36(2)60-35-77-49/h15-18,33,35,40-41,43,67,71H,8-14,20,22-32,34H2,1-7H3,(H2,56,63)(H,57,68)(H,59,69)/t40-,41-,43+/m1/s1. The number of carbonyl (C=O) groups excluding carboxylic acids is 4. The van der Waals surface area contributed by atoms with Gasteiger partial charge in [-0.3, -0.25) is 19.2 Å². The van der Waals surface area contributed by atoms with Crippen LogP contribution in [0.15, 0.2) is 40.6 Å². The number of aromatic nitrogens is 6. The number of rotatable bonds is 30. The van der Waals surface area contributed by atoms with Gasteiger partial charge in [-0.1, -0.05) is 70.2 Å². The van der Waals surface area contributed by atoms with Crippen molar-refractivity contribution < 1.29 is 53.0 Å². The number of nitrogens with zero attached hydrogens (tertiary/aromatic N) is 7. The number of Topliss-reactive ketones (excluding diaryl/α,β-unsaturated/α-hetero) is 1. The van der Waals surface area contributed by atoms with Gasteiger partial charge in [0.1, 0.15) is 34.2 Å². The highest BCUT2D eigenvalue weighted by molar-refractivity contribution is 7.13. The molecule has 1 aliphatic rings. The number of aliphatic hydroxyl groups excluding tert-OH is 1. The highest BCUT2D eigenvalue weighted by atomic mass is 32.1. The van der Waals surface area contributed by atoms with E-state index >= 15 is 0 Å². The van der Waals surface area contributed by atoms with Crippen LogP contribution in [0, 0.1) is 30.1 Å². The molecule has 1 aliphatic heterocycles. The summed E-state index contributed by atoms with van der Waals surface area (Å²) in [6.07, 6.45) is 5.77. The fraction of sp³-hybridized carbons (Fsp3) is 0.582. The molecular formula is C55H76N10O11S. The topological polar surface area (TPSA) is 281 Å². The minimum Gasteiger partial charge on any atom is -0.490 e. The van der Waals surface area contributed by atoms with Crippen LogP contribution < -0.4 is 21.1 Å². The predicted octanol–water partition coefficient (Wildman–Crippen LogP) is 5.81.